The highest BCUT2D eigenvalue weighted by Crippen LogP contribution is 2.11. The number of carbonyl (C=O) groups is 2. The third kappa shape index (κ3) is 50.4. The van der Waals surface area contributed by atoms with Crippen LogP contribution in [0.25, 0.3) is 0 Å². The van der Waals surface area contributed by atoms with Gasteiger partial charge in [0.2, 0.25) is 0 Å². The Labute approximate surface area is 393 Å². The van der Waals surface area contributed by atoms with E-state index in [-0.39, 0.29) is 25.2 Å². The van der Waals surface area contributed by atoms with Crippen molar-refractivity contribution in [3.63, 3.8) is 0 Å². The first kappa shape index (κ1) is 59.8. The molecule has 1 atom stereocenters. The van der Waals surface area contributed by atoms with Gasteiger partial charge in [0.1, 0.15) is 6.61 Å². The Hall–Kier alpha value is -4.22. The summed E-state index contributed by atoms with van der Waals surface area (Å²) in [6, 6.07) is 0. The Balaban J connectivity index is 3.71. The summed E-state index contributed by atoms with van der Waals surface area (Å²) in [5.41, 5.74) is 0. The highest BCUT2D eigenvalue weighted by molar-refractivity contribution is 5.70. The minimum absolute atomic E-state index is 0.0928. The summed E-state index contributed by atoms with van der Waals surface area (Å²) in [7, 11) is 0. The molecule has 0 saturated heterocycles. The number of carbonyl (C=O) groups excluding carboxylic acids is 2. The topological polar surface area (TPSA) is 72.8 Å². The first-order chi connectivity index (χ1) is 31.6. The smallest absolute Gasteiger partial charge is 0.306 e. The summed E-state index contributed by atoms with van der Waals surface area (Å²) in [4.78, 5) is 24.3. The predicted molar refractivity (Wildman–Crippen MR) is 278 cm³/mol. The largest absolute Gasteiger partial charge is 0.462 e. The summed E-state index contributed by atoms with van der Waals surface area (Å²) >= 11 is 0. The van der Waals surface area contributed by atoms with Gasteiger partial charge < -0.3 is 14.6 Å². The highest BCUT2D eigenvalue weighted by atomic mass is 16.6. The molecule has 0 aliphatic heterocycles. The van der Waals surface area contributed by atoms with Crippen LogP contribution in [0.5, 0.6) is 0 Å². The first-order valence-corrected chi connectivity index (χ1v) is 25.4. The van der Waals surface area contributed by atoms with Gasteiger partial charge in [-0.2, -0.15) is 0 Å². The molecule has 0 aromatic heterocycles. The average Bonchev–Trinajstić information content (AvgIpc) is 3.30. The van der Waals surface area contributed by atoms with Crippen LogP contribution in [0.3, 0.4) is 0 Å². The molecule has 0 radical (unpaired) electrons. The molecule has 1 N–H and O–H groups in total. The standard InChI is InChI=1S/C59H92O5/c1-3-5-7-9-11-13-15-17-18-19-20-21-22-23-24-25-26-27-28-29-30-31-32-33-34-35-36-37-38-39-40-42-44-46-48-50-52-54-59(62)64-57(55-60)56-63-58(61)53-51-49-47-45-43-41-16-14-12-10-8-6-4-2/h5,7,11,13-14,16-18,20-21,23-24,26-27,29-30,32-33,35-36,38-39,42,44,57,60H,3-4,6,8-10,12,15,19,22,25,28,31,34,37,40-41,43,45-56H2,1-2H3/b7-5-,13-11-,16-14-,18-17-,21-20-,24-23-,27-26-,30-29-,33-32-,36-35-,39-38-,44-42-. The van der Waals surface area contributed by atoms with Gasteiger partial charge in [-0.1, -0.05) is 205 Å². The summed E-state index contributed by atoms with van der Waals surface area (Å²) in [5.74, 6) is -0.652. The van der Waals surface area contributed by atoms with Crippen LogP contribution in [0.1, 0.15) is 194 Å². The van der Waals surface area contributed by atoms with Gasteiger partial charge in [-0.05, 0) is 122 Å². The van der Waals surface area contributed by atoms with Crippen LogP contribution in [-0.2, 0) is 19.1 Å². The Morgan fingerprint density at radius 1 is 0.375 bits per heavy atom. The van der Waals surface area contributed by atoms with Gasteiger partial charge in [0.15, 0.2) is 6.10 Å². The van der Waals surface area contributed by atoms with Crippen LogP contribution in [0.4, 0.5) is 0 Å². The summed E-state index contributed by atoms with van der Waals surface area (Å²) in [6.45, 7) is 3.95. The van der Waals surface area contributed by atoms with E-state index in [2.05, 4.69) is 160 Å². The number of hydrogen-bond donors (Lipinski definition) is 1. The molecule has 64 heavy (non-hydrogen) atoms. The Morgan fingerprint density at radius 3 is 1.05 bits per heavy atom. The van der Waals surface area contributed by atoms with Gasteiger partial charge in [0, 0.05) is 12.8 Å². The lowest BCUT2D eigenvalue weighted by Crippen LogP contribution is -2.28. The van der Waals surface area contributed by atoms with Crippen LogP contribution in [0.15, 0.2) is 146 Å². The molecule has 0 saturated carbocycles. The van der Waals surface area contributed by atoms with Crippen LogP contribution < -0.4 is 0 Å². The van der Waals surface area contributed by atoms with E-state index in [1.54, 1.807) is 0 Å². The maximum absolute atomic E-state index is 12.2. The number of allylic oxidation sites excluding steroid dienone is 24. The van der Waals surface area contributed by atoms with Crippen molar-refractivity contribution in [2.45, 2.75) is 200 Å². The second-order valence-electron chi connectivity index (χ2n) is 16.2. The van der Waals surface area contributed by atoms with Crippen molar-refractivity contribution in [1.82, 2.24) is 0 Å². The van der Waals surface area contributed by atoms with Crippen molar-refractivity contribution in [3.05, 3.63) is 146 Å². The number of rotatable bonds is 44. The molecule has 358 valence electrons. The zero-order valence-corrected chi connectivity index (χ0v) is 40.7. The fraction of sp³-hybridized carbons (Fsp3) is 0.559. The Morgan fingerprint density at radius 2 is 0.672 bits per heavy atom. The van der Waals surface area contributed by atoms with E-state index in [0.717, 1.165) is 122 Å². The summed E-state index contributed by atoms with van der Waals surface area (Å²) in [6.07, 6.45) is 80.8. The van der Waals surface area contributed by atoms with Crippen molar-refractivity contribution in [1.29, 1.82) is 0 Å². The van der Waals surface area contributed by atoms with Gasteiger partial charge in [-0.25, -0.2) is 0 Å². The monoisotopic (exact) mass is 881 g/mol. The van der Waals surface area contributed by atoms with Crippen molar-refractivity contribution in [2.75, 3.05) is 13.2 Å². The molecule has 0 aromatic rings. The normalized spacial score (nSPS) is 13.5. The quantitative estimate of drug-likeness (QED) is 0.0375. The molecule has 0 bridgehead atoms. The molecule has 0 spiro atoms. The van der Waals surface area contributed by atoms with E-state index in [4.69, 9.17) is 9.47 Å². The number of esters is 2. The molecular formula is C59H92O5. The van der Waals surface area contributed by atoms with E-state index < -0.39 is 6.10 Å². The molecule has 0 heterocycles. The molecule has 0 amide bonds. The molecule has 0 rings (SSSR count). The molecule has 5 heteroatoms. The number of aliphatic hydroxyl groups is 1. The Kier molecular flexibility index (Phi) is 49.6. The molecule has 0 aliphatic rings. The van der Waals surface area contributed by atoms with Gasteiger partial charge in [-0.15, -0.1) is 0 Å². The van der Waals surface area contributed by atoms with E-state index in [1.165, 1.54) is 44.9 Å². The Bertz CT molecular complexity index is 1410. The molecule has 0 aromatic carbocycles. The second-order valence-corrected chi connectivity index (χ2v) is 16.2. The minimum Gasteiger partial charge on any atom is -0.462 e. The van der Waals surface area contributed by atoms with Crippen LogP contribution in [-0.4, -0.2) is 36.4 Å². The van der Waals surface area contributed by atoms with Crippen molar-refractivity contribution >= 4 is 11.9 Å². The lowest BCUT2D eigenvalue weighted by Gasteiger charge is -2.15. The number of ether oxygens (including phenoxy) is 2. The third-order valence-electron chi connectivity index (χ3n) is 10.1. The third-order valence-corrected chi connectivity index (χ3v) is 10.1. The van der Waals surface area contributed by atoms with E-state index >= 15 is 0 Å². The van der Waals surface area contributed by atoms with Crippen molar-refractivity contribution < 1.29 is 24.2 Å². The zero-order chi connectivity index (χ0) is 46.3. The second kappa shape index (κ2) is 53.1. The minimum atomic E-state index is -0.803. The molecular weight excluding hydrogens is 789 g/mol. The SMILES string of the molecule is CC/C=C\C/C=C\C/C=C\C/C=C\C/C=C\C/C=C\C/C=C\C/C=C\C/C=C\C/C=C\C/C=C\CCCCCC(=O)OC(CO)COC(=O)CCCCCCC/C=C\CCCCCC. The summed E-state index contributed by atoms with van der Waals surface area (Å²) in [5, 5.41) is 9.59. The summed E-state index contributed by atoms with van der Waals surface area (Å²) < 4.78 is 10.6. The molecule has 0 fully saturated rings. The van der Waals surface area contributed by atoms with Gasteiger partial charge in [0.25, 0.3) is 0 Å². The van der Waals surface area contributed by atoms with Crippen LogP contribution in [0.2, 0.25) is 0 Å². The maximum atomic E-state index is 12.2. The highest BCUT2D eigenvalue weighted by Gasteiger charge is 2.16. The molecule has 5 nitrogen and oxygen atoms in total. The molecule has 1 unspecified atom stereocenters. The average molecular weight is 881 g/mol. The van der Waals surface area contributed by atoms with E-state index in [0.29, 0.717) is 12.8 Å². The predicted octanol–water partition coefficient (Wildman–Crippen LogP) is 17.1. The fourth-order valence-electron chi connectivity index (χ4n) is 6.32. The lowest BCUT2D eigenvalue weighted by molar-refractivity contribution is -0.161. The van der Waals surface area contributed by atoms with Crippen LogP contribution in [0, 0.1) is 0 Å². The van der Waals surface area contributed by atoms with Gasteiger partial charge >= 0.3 is 11.9 Å². The number of hydrogen-bond acceptors (Lipinski definition) is 5. The van der Waals surface area contributed by atoms with Crippen molar-refractivity contribution in [2.24, 2.45) is 0 Å². The first-order valence-electron chi connectivity index (χ1n) is 25.4. The van der Waals surface area contributed by atoms with Crippen molar-refractivity contribution in [3.8, 4) is 0 Å². The fourth-order valence-corrected chi connectivity index (χ4v) is 6.32. The van der Waals surface area contributed by atoms with Gasteiger partial charge in [-0.3, -0.25) is 9.59 Å². The lowest BCUT2D eigenvalue weighted by atomic mass is 10.1. The zero-order valence-electron chi connectivity index (χ0n) is 40.7. The van der Waals surface area contributed by atoms with Crippen LogP contribution >= 0.6 is 0 Å². The maximum Gasteiger partial charge on any atom is 0.306 e. The number of unbranched alkanes of at least 4 members (excludes halogenated alkanes) is 12. The van der Waals surface area contributed by atoms with E-state index in [9.17, 15) is 14.7 Å². The molecule has 0 aliphatic carbocycles. The van der Waals surface area contributed by atoms with Gasteiger partial charge in [0.05, 0.1) is 6.61 Å². The number of aliphatic hydroxyl groups excluding tert-OH is 1. The van der Waals surface area contributed by atoms with E-state index in [1.807, 2.05) is 0 Å².